The van der Waals surface area contributed by atoms with Crippen LogP contribution in [0.2, 0.25) is 0 Å². The highest BCUT2D eigenvalue weighted by atomic mass is 16.5. The molecule has 5 rings (SSSR count). The molecule has 3 heterocycles. The van der Waals surface area contributed by atoms with Crippen molar-refractivity contribution in [3.8, 4) is 22.9 Å². The Morgan fingerprint density at radius 2 is 1.71 bits per heavy atom. The number of fused-ring (bicyclic) bond motifs is 3. The van der Waals surface area contributed by atoms with E-state index in [4.69, 9.17) is 9.47 Å². The van der Waals surface area contributed by atoms with Crippen molar-refractivity contribution < 1.29 is 14.3 Å². The first-order valence-electron chi connectivity index (χ1n) is 10.6. The lowest BCUT2D eigenvalue weighted by Crippen LogP contribution is -2.50. The minimum atomic E-state index is 0.0289. The zero-order chi connectivity index (χ0) is 21.4. The molecule has 1 aliphatic heterocycles. The zero-order valence-corrected chi connectivity index (χ0v) is 17.7. The van der Waals surface area contributed by atoms with Gasteiger partial charge in [0.05, 0.1) is 32.8 Å². The summed E-state index contributed by atoms with van der Waals surface area (Å²) in [4.78, 5) is 19.3. The van der Waals surface area contributed by atoms with Gasteiger partial charge in [-0.1, -0.05) is 12.8 Å². The molecule has 1 aromatic carbocycles. The number of hydrogen-bond donors (Lipinski definition) is 0. The average molecular weight is 419 g/mol. The van der Waals surface area contributed by atoms with Crippen LogP contribution in [0.4, 0.5) is 0 Å². The monoisotopic (exact) mass is 419 g/mol. The van der Waals surface area contributed by atoms with Gasteiger partial charge in [0, 0.05) is 23.5 Å². The van der Waals surface area contributed by atoms with Crippen molar-refractivity contribution in [2.45, 2.75) is 44.3 Å². The molecule has 2 aliphatic rings. The van der Waals surface area contributed by atoms with Crippen molar-refractivity contribution in [3.63, 3.8) is 0 Å². The molecule has 0 bridgehead atoms. The summed E-state index contributed by atoms with van der Waals surface area (Å²) < 4.78 is 13.1. The van der Waals surface area contributed by atoms with Crippen LogP contribution in [0.25, 0.3) is 11.4 Å². The summed E-state index contributed by atoms with van der Waals surface area (Å²) in [6.45, 7) is 0.447. The summed E-state index contributed by atoms with van der Waals surface area (Å²) in [6, 6.07) is 9.62. The minimum Gasteiger partial charge on any atom is -0.493 e. The van der Waals surface area contributed by atoms with Gasteiger partial charge in [-0.3, -0.25) is 9.78 Å². The molecule has 0 saturated heterocycles. The van der Waals surface area contributed by atoms with Crippen LogP contribution in [-0.4, -0.2) is 50.8 Å². The van der Waals surface area contributed by atoms with Crippen LogP contribution >= 0.6 is 0 Å². The maximum atomic E-state index is 13.3. The number of aromatic nitrogens is 4. The Balaban J connectivity index is 1.55. The van der Waals surface area contributed by atoms with E-state index in [2.05, 4.69) is 19.7 Å². The molecule has 1 saturated carbocycles. The fourth-order valence-corrected chi connectivity index (χ4v) is 4.86. The lowest BCUT2D eigenvalue weighted by Gasteiger charge is -2.44. The van der Waals surface area contributed by atoms with Gasteiger partial charge in [-0.15, -0.1) is 10.2 Å². The summed E-state index contributed by atoms with van der Waals surface area (Å²) in [7, 11) is 3.25. The largest absolute Gasteiger partial charge is 0.493 e. The fraction of sp³-hybridized carbons (Fsp3) is 0.391. The molecule has 0 unspecified atom stereocenters. The van der Waals surface area contributed by atoms with Gasteiger partial charge in [-0.2, -0.15) is 0 Å². The SMILES string of the molecule is COc1ccc(-c2nnc3n2[C@H]2CCCC[C@@H]2N(C(=O)c2ccncc2)C3)cc1OC. The fourth-order valence-electron chi connectivity index (χ4n) is 4.86. The molecule has 31 heavy (non-hydrogen) atoms. The van der Waals surface area contributed by atoms with E-state index < -0.39 is 0 Å². The summed E-state index contributed by atoms with van der Waals surface area (Å²) >= 11 is 0. The standard InChI is InChI=1S/C23H25N5O3/c1-30-19-8-7-16(13-20(19)31-2)22-26-25-21-14-27(23(29)15-9-11-24-12-10-15)17-5-3-4-6-18(17)28(21)22/h7-13,17-18H,3-6,14H2,1-2H3/t17-,18-/m0/s1. The minimum absolute atomic E-state index is 0.0289. The lowest BCUT2D eigenvalue weighted by molar-refractivity contribution is 0.0420. The quantitative estimate of drug-likeness (QED) is 0.644. The first-order valence-corrected chi connectivity index (χ1v) is 10.6. The molecule has 0 spiro atoms. The molecule has 8 heteroatoms. The van der Waals surface area contributed by atoms with Gasteiger partial charge in [-0.25, -0.2) is 0 Å². The molecule has 0 radical (unpaired) electrons. The number of carbonyl (C=O) groups excluding carboxylic acids is 1. The van der Waals surface area contributed by atoms with Crippen LogP contribution in [0.3, 0.4) is 0 Å². The highest BCUT2D eigenvalue weighted by molar-refractivity contribution is 5.94. The van der Waals surface area contributed by atoms with Gasteiger partial charge in [-0.05, 0) is 43.2 Å². The van der Waals surface area contributed by atoms with Gasteiger partial charge < -0.3 is 18.9 Å². The van der Waals surface area contributed by atoms with E-state index in [1.807, 2.05) is 23.1 Å². The predicted octanol–water partition coefficient (Wildman–Crippen LogP) is 3.50. The van der Waals surface area contributed by atoms with Crippen LogP contribution in [0.5, 0.6) is 11.5 Å². The van der Waals surface area contributed by atoms with Crippen LogP contribution in [0, 0.1) is 0 Å². The van der Waals surface area contributed by atoms with E-state index >= 15 is 0 Å². The third-order valence-electron chi connectivity index (χ3n) is 6.33. The Morgan fingerprint density at radius 3 is 2.45 bits per heavy atom. The van der Waals surface area contributed by atoms with E-state index in [9.17, 15) is 4.79 Å². The number of ether oxygens (including phenoxy) is 2. The number of hydrogen-bond acceptors (Lipinski definition) is 6. The molecule has 2 aromatic heterocycles. The number of pyridine rings is 1. The van der Waals surface area contributed by atoms with E-state index in [0.29, 0.717) is 23.6 Å². The second-order valence-corrected chi connectivity index (χ2v) is 7.97. The Morgan fingerprint density at radius 1 is 0.968 bits per heavy atom. The van der Waals surface area contributed by atoms with Crippen molar-refractivity contribution in [1.82, 2.24) is 24.6 Å². The molecule has 1 aliphatic carbocycles. The Bertz CT molecular complexity index is 1100. The first kappa shape index (κ1) is 19.5. The van der Waals surface area contributed by atoms with Crippen LogP contribution in [-0.2, 0) is 6.54 Å². The number of carbonyl (C=O) groups is 1. The zero-order valence-electron chi connectivity index (χ0n) is 17.7. The number of nitrogens with zero attached hydrogens (tertiary/aromatic N) is 5. The third-order valence-corrected chi connectivity index (χ3v) is 6.33. The second kappa shape index (κ2) is 8.02. The van der Waals surface area contributed by atoms with E-state index in [0.717, 1.165) is 42.9 Å². The second-order valence-electron chi connectivity index (χ2n) is 7.97. The third kappa shape index (κ3) is 3.32. The lowest BCUT2D eigenvalue weighted by atomic mass is 9.86. The number of rotatable bonds is 4. The van der Waals surface area contributed by atoms with Gasteiger partial charge in [0.2, 0.25) is 0 Å². The maximum absolute atomic E-state index is 13.3. The highest BCUT2D eigenvalue weighted by Gasteiger charge is 2.41. The van der Waals surface area contributed by atoms with Crippen molar-refractivity contribution in [2.75, 3.05) is 14.2 Å². The van der Waals surface area contributed by atoms with Crippen LogP contribution < -0.4 is 9.47 Å². The van der Waals surface area contributed by atoms with Gasteiger partial charge >= 0.3 is 0 Å². The topological polar surface area (TPSA) is 82.4 Å². The summed E-state index contributed by atoms with van der Waals surface area (Å²) in [5, 5.41) is 9.01. The molecule has 2 atom stereocenters. The van der Waals surface area contributed by atoms with Gasteiger partial charge in [0.1, 0.15) is 0 Å². The molecule has 160 valence electrons. The average Bonchev–Trinajstić information content (AvgIpc) is 3.27. The molecule has 3 aromatic rings. The van der Waals surface area contributed by atoms with E-state index in [-0.39, 0.29) is 18.0 Å². The number of methoxy groups -OCH3 is 2. The van der Waals surface area contributed by atoms with E-state index in [1.54, 1.807) is 38.7 Å². The molecule has 8 nitrogen and oxygen atoms in total. The van der Waals surface area contributed by atoms with Crippen molar-refractivity contribution >= 4 is 5.91 Å². The Labute approximate surface area is 180 Å². The first-order chi connectivity index (χ1) is 15.2. The van der Waals surface area contributed by atoms with Crippen molar-refractivity contribution in [3.05, 3.63) is 54.1 Å². The van der Waals surface area contributed by atoms with Gasteiger partial charge in [0.15, 0.2) is 23.1 Å². The molecule has 1 amide bonds. The smallest absolute Gasteiger partial charge is 0.254 e. The summed E-state index contributed by atoms with van der Waals surface area (Å²) in [5.74, 6) is 2.98. The van der Waals surface area contributed by atoms with Crippen LogP contribution in [0.1, 0.15) is 47.9 Å². The van der Waals surface area contributed by atoms with E-state index in [1.165, 1.54) is 0 Å². The molecule has 0 N–H and O–H groups in total. The number of benzene rings is 1. The van der Waals surface area contributed by atoms with Gasteiger partial charge in [0.25, 0.3) is 5.91 Å². The Hall–Kier alpha value is -3.42. The molecular weight excluding hydrogens is 394 g/mol. The van der Waals surface area contributed by atoms with Crippen molar-refractivity contribution in [2.24, 2.45) is 0 Å². The highest BCUT2D eigenvalue weighted by Crippen LogP contribution is 2.41. The summed E-state index contributed by atoms with van der Waals surface area (Å²) in [5.41, 5.74) is 1.59. The maximum Gasteiger partial charge on any atom is 0.254 e. The van der Waals surface area contributed by atoms with Crippen LogP contribution in [0.15, 0.2) is 42.7 Å². The Kier molecular flexibility index (Phi) is 5.05. The molecule has 1 fully saturated rings. The predicted molar refractivity (Wildman–Crippen MR) is 114 cm³/mol. The molecular formula is C23H25N5O3. The number of amides is 1. The normalized spacial score (nSPS) is 20.0. The summed E-state index contributed by atoms with van der Waals surface area (Å²) in [6.07, 6.45) is 7.53. The van der Waals surface area contributed by atoms with Crippen molar-refractivity contribution in [1.29, 1.82) is 0 Å².